The summed E-state index contributed by atoms with van der Waals surface area (Å²) >= 11 is 8.13. The van der Waals surface area contributed by atoms with Crippen molar-refractivity contribution in [2.45, 2.75) is 0 Å². The molecule has 0 atom stereocenters. The Kier molecular flexibility index (Phi) is 6.29. The minimum absolute atomic E-state index is 0.103. The number of methoxy groups -OCH3 is 1. The molecule has 0 aliphatic carbocycles. The van der Waals surface area contributed by atoms with Gasteiger partial charge in [0.1, 0.15) is 11.5 Å². The van der Waals surface area contributed by atoms with Crippen LogP contribution in [0.2, 0.25) is 0 Å². The summed E-state index contributed by atoms with van der Waals surface area (Å²) < 4.78 is 12.4. The Balaban J connectivity index is 1.60. The van der Waals surface area contributed by atoms with Crippen LogP contribution in [-0.4, -0.2) is 24.6 Å². The lowest BCUT2D eigenvalue weighted by molar-refractivity contribution is -0.118. The number of anilines is 1. The quantitative estimate of drug-likeness (QED) is 0.497. The van der Waals surface area contributed by atoms with Gasteiger partial charge in [0, 0.05) is 15.4 Å². The zero-order valence-electron chi connectivity index (χ0n) is 13.7. The van der Waals surface area contributed by atoms with Crippen LogP contribution in [0.25, 0.3) is 11.3 Å². The number of nitrogens with one attached hydrogen (secondary N) is 1. The van der Waals surface area contributed by atoms with Crippen LogP contribution in [0, 0.1) is 0 Å². The largest absolute Gasteiger partial charge is 0.497 e. The molecule has 0 radical (unpaired) electrons. The third kappa shape index (κ3) is 4.84. The van der Waals surface area contributed by atoms with Gasteiger partial charge in [-0.05, 0) is 46.3 Å². The van der Waals surface area contributed by atoms with Crippen molar-refractivity contribution < 1.29 is 14.3 Å². The van der Waals surface area contributed by atoms with Crippen molar-refractivity contribution in [3.05, 3.63) is 56.8 Å². The van der Waals surface area contributed by atoms with Crippen LogP contribution in [0.1, 0.15) is 0 Å². The molecule has 1 aromatic heterocycles. The fourth-order valence-corrected chi connectivity index (χ4v) is 4.03. The van der Waals surface area contributed by atoms with Gasteiger partial charge in [0.25, 0.3) is 5.91 Å². The minimum Gasteiger partial charge on any atom is -0.497 e. The Morgan fingerprint density at radius 2 is 2.08 bits per heavy atom. The van der Waals surface area contributed by atoms with Crippen LogP contribution in [0.5, 0.6) is 11.5 Å². The molecule has 3 rings (SSSR count). The molecule has 0 fully saturated rings. The molecule has 5 nitrogen and oxygen atoms in total. The summed E-state index contributed by atoms with van der Waals surface area (Å²) in [5.74, 6) is 1.08. The van der Waals surface area contributed by atoms with Gasteiger partial charge in [0.15, 0.2) is 11.7 Å². The fraction of sp³-hybridized carbons (Fsp3) is 0.111. The molecular formula is C18H14Br2N2O3S. The molecule has 0 bridgehead atoms. The van der Waals surface area contributed by atoms with Gasteiger partial charge in [-0.25, -0.2) is 4.98 Å². The van der Waals surface area contributed by atoms with Gasteiger partial charge >= 0.3 is 0 Å². The summed E-state index contributed by atoms with van der Waals surface area (Å²) in [5.41, 5.74) is 1.71. The van der Waals surface area contributed by atoms with Crippen LogP contribution in [0.15, 0.2) is 56.8 Å². The second-order valence-corrected chi connectivity index (χ2v) is 7.81. The van der Waals surface area contributed by atoms with E-state index in [9.17, 15) is 4.79 Å². The van der Waals surface area contributed by atoms with E-state index in [1.807, 2.05) is 41.8 Å². The van der Waals surface area contributed by atoms with Gasteiger partial charge in [-0.2, -0.15) is 0 Å². The molecule has 0 saturated carbocycles. The van der Waals surface area contributed by atoms with E-state index in [2.05, 4.69) is 42.2 Å². The highest BCUT2D eigenvalue weighted by atomic mass is 79.9. The molecule has 1 heterocycles. The Morgan fingerprint density at radius 1 is 1.23 bits per heavy atom. The maximum absolute atomic E-state index is 12.1. The molecule has 26 heavy (non-hydrogen) atoms. The lowest BCUT2D eigenvalue weighted by Gasteiger charge is -2.08. The standard InChI is InChI=1S/C18H14Br2N2O3S/c1-24-13-4-2-3-11(7-13)15-10-26-18(21-15)22-17(23)9-25-16-6-5-12(19)8-14(16)20/h2-8,10H,9H2,1H3,(H,21,22,23). The number of thiazole rings is 1. The first-order valence-electron chi connectivity index (χ1n) is 7.53. The summed E-state index contributed by atoms with van der Waals surface area (Å²) in [4.78, 5) is 16.5. The number of rotatable bonds is 6. The number of halogens is 2. The molecule has 0 aliphatic rings. The van der Waals surface area contributed by atoms with Gasteiger partial charge in [0.05, 0.1) is 17.3 Å². The first-order chi connectivity index (χ1) is 12.5. The number of nitrogens with zero attached hydrogens (tertiary/aromatic N) is 1. The molecule has 0 unspecified atom stereocenters. The van der Waals surface area contributed by atoms with Gasteiger partial charge in [-0.1, -0.05) is 28.1 Å². The van der Waals surface area contributed by atoms with Crippen LogP contribution >= 0.6 is 43.2 Å². The topological polar surface area (TPSA) is 60.5 Å². The van der Waals surface area contributed by atoms with Crippen molar-refractivity contribution in [2.24, 2.45) is 0 Å². The van der Waals surface area contributed by atoms with Crippen molar-refractivity contribution in [1.82, 2.24) is 4.98 Å². The summed E-state index contributed by atoms with van der Waals surface area (Å²) in [6.07, 6.45) is 0. The van der Waals surface area contributed by atoms with E-state index in [1.165, 1.54) is 11.3 Å². The number of carbonyl (C=O) groups is 1. The molecule has 0 saturated heterocycles. The maximum atomic E-state index is 12.1. The lowest BCUT2D eigenvalue weighted by atomic mass is 10.2. The first-order valence-corrected chi connectivity index (χ1v) is 9.99. The van der Waals surface area contributed by atoms with Crippen molar-refractivity contribution in [3.8, 4) is 22.8 Å². The van der Waals surface area contributed by atoms with Crippen molar-refractivity contribution >= 4 is 54.2 Å². The van der Waals surface area contributed by atoms with Crippen LogP contribution in [0.4, 0.5) is 5.13 Å². The molecule has 8 heteroatoms. The molecule has 0 aliphatic heterocycles. The summed E-state index contributed by atoms with van der Waals surface area (Å²) in [6, 6.07) is 13.1. The number of benzene rings is 2. The predicted octanol–water partition coefficient (Wildman–Crippen LogP) is 5.36. The van der Waals surface area contributed by atoms with Crippen LogP contribution < -0.4 is 14.8 Å². The Bertz CT molecular complexity index is 930. The number of ether oxygens (including phenoxy) is 2. The number of hydrogen-bond donors (Lipinski definition) is 1. The summed E-state index contributed by atoms with van der Waals surface area (Å²) in [7, 11) is 1.62. The monoisotopic (exact) mass is 496 g/mol. The second-order valence-electron chi connectivity index (χ2n) is 5.18. The average Bonchev–Trinajstić information content (AvgIpc) is 3.09. The molecule has 0 spiro atoms. The normalized spacial score (nSPS) is 10.4. The highest BCUT2D eigenvalue weighted by molar-refractivity contribution is 9.11. The smallest absolute Gasteiger partial charge is 0.264 e. The van der Waals surface area contributed by atoms with E-state index >= 15 is 0 Å². The van der Waals surface area contributed by atoms with E-state index < -0.39 is 0 Å². The Morgan fingerprint density at radius 3 is 2.85 bits per heavy atom. The van der Waals surface area contributed by atoms with E-state index in [-0.39, 0.29) is 12.5 Å². The summed E-state index contributed by atoms with van der Waals surface area (Å²) in [6.45, 7) is -0.103. The number of aromatic nitrogens is 1. The van der Waals surface area contributed by atoms with E-state index in [1.54, 1.807) is 13.2 Å². The zero-order chi connectivity index (χ0) is 18.5. The third-order valence-electron chi connectivity index (χ3n) is 3.37. The highest BCUT2D eigenvalue weighted by Gasteiger charge is 2.10. The summed E-state index contributed by atoms with van der Waals surface area (Å²) in [5, 5.41) is 5.15. The van der Waals surface area contributed by atoms with E-state index in [0.29, 0.717) is 10.9 Å². The second kappa shape index (κ2) is 8.66. The minimum atomic E-state index is -0.272. The average molecular weight is 498 g/mol. The number of hydrogen-bond acceptors (Lipinski definition) is 5. The first kappa shape index (κ1) is 18.9. The van der Waals surface area contributed by atoms with Gasteiger partial charge in [-0.15, -0.1) is 11.3 Å². The predicted molar refractivity (Wildman–Crippen MR) is 110 cm³/mol. The SMILES string of the molecule is COc1cccc(-c2csc(NC(=O)COc3ccc(Br)cc3Br)n2)c1. The number of amides is 1. The Hall–Kier alpha value is -1.90. The highest BCUT2D eigenvalue weighted by Crippen LogP contribution is 2.29. The third-order valence-corrected chi connectivity index (χ3v) is 5.24. The fourth-order valence-electron chi connectivity index (χ4n) is 2.14. The van der Waals surface area contributed by atoms with Crippen LogP contribution in [-0.2, 0) is 4.79 Å². The van der Waals surface area contributed by atoms with Crippen molar-refractivity contribution in [2.75, 3.05) is 19.0 Å². The molecule has 134 valence electrons. The molecule has 1 N–H and O–H groups in total. The molecule has 2 aromatic carbocycles. The van der Waals surface area contributed by atoms with Gasteiger partial charge in [-0.3, -0.25) is 10.1 Å². The zero-order valence-corrected chi connectivity index (χ0v) is 17.7. The van der Waals surface area contributed by atoms with Crippen molar-refractivity contribution in [3.63, 3.8) is 0 Å². The van der Waals surface area contributed by atoms with Gasteiger partial charge < -0.3 is 9.47 Å². The van der Waals surface area contributed by atoms with E-state index in [0.717, 1.165) is 26.0 Å². The maximum Gasteiger partial charge on any atom is 0.264 e. The number of carbonyl (C=O) groups excluding carboxylic acids is 1. The van der Waals surface area contributed by atoms with Gasteiger partial charge in [0.2, 0.25) is 0 Å². The van der Waals surface area contributed by atoms with E-state index in [4.69, 9.17) is 9.47 Å². The van der Waals surface area contributed by atoms with Crippen molar-refractivity contribution in [1.29, 1.82) is 0 Å². The lowest BCUT2D eigenvalue weighted by Crippen LogP contribution is -2.20. The molecule has 1 amide bonds. The molecular weight excluding hydrogens is 484 g/mol. The van der Waals surface area contributed by atoms with Crippen LogP contribution in [0.3, 0.4) is 0 Å². The molecule has 3 aromatic rings. The Labute approximate surface area is 171 Å².